The molecule has 4 heteroatoms. The predicted octanol–water partition coefficient (Wildman–Crippen LogP) is 1.46. The Morgan fingerprint density at radius 2 is 1.50 bits per heavy atom. The minimum Gasteiger partial charge on any atom is -0.369 e. The highest BCUT2D eigenvalue weighted by atomic mass is 15.3. The number of hydrogen-bond donors (Lipinski definition) is 2. The molecule has 0 heterocycles. The maximum Gasteiger partial charge on any atom is 0.211 e. The van der Waals surface area contributed by atoms with Crippen LogP contribution in [0.1, 0.15) is 38.5 Å². The van der Waals surface area contributed by atoms with Crippen LogP contribution in [0.2, 0.25) is 0 Å². The molecule has 4 aliphatic carbocycles. The van der Waals surface area contributed by atoms with Crippen LogP contribution in [0.15, 0.2) is 10.2 Å². The van der Waals surface area contributed by atoms with E-state index < -0.39 is 0 Å². The minimum absolute atomic E-state index is 0.0565. The zero-order chi connectivity index (χ0) is 11.2. The van der Waals surface area contributed by atoms with E-state index in [-0.39, 0.29) is 5.96 Å². The first-order valence-electron chi connectivity index (χ1n) is 6.28. The van der Waals surface area contributed by atoms with Gasteiger partial charge in [0.1, 0.15) is 0 Å². The molecule has 88 valence electrons. The molecule has 4 N–H and O–H groups in total. The number of guanidine groups is 1. The van der Waals surface area contributed by atoms with Gasteiger partial charge in [-0.05, 0) is 56.3 Å². The van der Waals surface area contributed by atoms with Gasteiger partial charge >= 0.3 is 0 Å². The second-order valence-electron chi connectivity index (χ2n) is 6.05. The number of hydrogen-bond acceptors (Lipinski definition) is 2. The first kappa shape index (κ1) is 10.1. The van der Waals surface area contributed by atoms with Crippen LogP contribution in [-0.2, 0) is 0 Å². The van der Waals surface area contributed by atoms with Crippen LogP contribution < -0.4 is 11.5 Å². The molecule has 4 fully saturated rings. The smallest absolute Gasteiger partial charge is 0.211 e. The standard InChI is InChI=1S/C12H20N4/c13-11(14)16-15-7-12-4-8-1-9(5-12)3-10(2-8)6-12/h7-10H,1-6H2,(H4,13,14,16)/b15-7+. The van der Waals surface area contributed by atoms with Gasteiger partial charge in [-0.3, -0.25) is 0 Å². The van der Waals surface area contributed by atoms with Gasteiger partial charge in [0.2, 0.25) is 5.96 Å². The van der Waals surface area contributed by atoms with E-state index >= 15 is 0 Å². The molecule has 4 bridgehead atoms. The summed E-state index contributed by atoms with van der Waals surface area (Å²) in [7, 11) is 0. The van der Waals surface area contributed by atoms with Crippen LogP contribution in [0, 0.1) is 23.2 Å². The maximum absolute atomic E-state index is 5.28. The van der Waals surface area contributed by atoms with Gasteiger partial charge in [0.05, 0.1) is 0 Å². The molecular formula is C12H20N4. The highest BCUT2D eigenvalue weighted by Crippen LogP contribution is 2.59. The summed E-state index contributed by atoms with van der Waals surface area (Å²) in [6, 6.07) is 0. The van der Waals surface area contributed by atoms with Crippen LogP contribution in [0.25, 0.3) is 0 Å². The van der Waals surface area contributed by atoms with Crippen molar-refractivity contribution >= 4 is 12.2 Å². The lowest BCUT2D eigenvalue weighted by atomic mass is 9.50. The Labute approximate surface area is 96.2 Å². The number of rotatable bonds is 2. The van der Waals surface area contributed by atoms with Gasteiger partial charge in [0, 0.05) is 11.6 Å². The average molecular weight is 220 g/mol. The number of nitrogens with zero attached hydrogens (tertiary/aromatic N) is 2. The SMILES string of the molecule is NC(N)=N/N=C/C12CC3CC(CC(C3)C1)C2. The first-order valence-corrected chi connectivity index (χ1v) is 6.28. The van der Waals surface area contributed by atoms with Crippen molar-refractivity contribution in [1.29, 1.82) is 0 Å². The van der Waals surface area contributed by atoms with Crippen LogP contribution >= 0.6 is 0 Å². The van der Waals surface area contributed by atoms with E-state index in [0.717, 1.165) is 17.8 Å². The minimum atomic E-state index is 0.0565. The number of nitrogens with two attached hydrogens (primary N) is 2. The van der Waals surface area contributed by atoms with Crippen molar-refractivity contribution in [2.75, 3.05) is 0 Å². The molecule has 4 saturated carbocycles. The van der Waals surface area contributed by atoms with Gasteiger partial charge in [0.25, 0.3) is 0 Å². The third-order valence-electron chi connectivity index (χ3n) is 4.59. The highest BCUT2D eigenvalue weighted by molar-refractivity contribution is 5.76. The van der Waals surface area contributed by atoms with Gasteiger partial charge in [-0.1, -0.05) is 0 Å². The largest absolute Gasteiger partial charge is 0.369 e. The summed E-state index contributed by atoms with van der Waals surface area (Å²) in [5, 5.41) is 7.82. The van der Waals surface area contributed by atoms with Crippen molar-refractivity contribution in [3.8, 4) is 0 Å². The Hall–Kier alpha value is -1.06. The first-order chi connectivity index (χ1) is 7.65. The molecule has 0 unspecified atom stereocenters. The van der Waals surface area contributed by atoms with Crippen LogP contribution in [0.5, 0.6) is 0 Å². The topological polar surface area (TPSA) is 76.8 Å². The monoisotopic (exact) mass is 220 g/mol. The maximum atomic E-state index is 5.28. The van der Waals surface area contributed by atoms with Crippen molar-refractivity contribution in [3.05, 3.63) is 0 Å². The van der Waals surface area contributed by atoms with Gasteiger partial charge in [-0.25, -0.2) is 0 Å². The zero-order valence-electron chi connectivity index (χ0n) is 9.60. The fraction of sp³-hybridized carbons (Fsp3) is 0.833. The molecule has 4 rings (SSSR count). The van der Waals surface area contributed by atoms with Crippen molar-refractivity contribution in [3.63, 3.8) is 0 Å². The van der Waals surface area contributed by atoms with E-state index in [4.69, 9.17) is 11.5 Å². The van der Waals surface area contributed by atoms with Crippen molar-refractivity contribution < 1.29 is 0 Å². The molecule has 0 atom stereocenters. The summed E-state index contributed by atoms with van der Waals surface area (Å²) < 4.78 is 0. The van der Waals surface area contributed by atoms with E-state index in [9.17, 15) is 0 Å². The molecule has 0 aromatic heterocycles. The summed E-state index contributed by atoms with van der Waals surface area (Å²) in [5.74, 6) is 2.88. The van der Waals surface area contributed by atoms with Gasteiger partial charge in [0.15, 0.2) is 0 Å². The van der Waals surface area contributed by atoms with Gasteiger partial charge in [-0.2, -0.15) is 5.10 Å². The summed E-state index contributed by atoms with van der Waals surface area (Å²) in [5.41, 5.74) is 10.9. The average Bonchev–Trinajstić information content (AvgIpc) is 2.13. The molecule has 16 heavy (non-hydrogen) atoms. The fourth-order valence-corrected chi connectivity index (χ4v) is 4.55. The molecular weight excluding hydrogens is 200 g/mol. The second kappa shape index (κ2) is 3.47. The van der Waals surface area contributed by atoms with E-state index in [1.807, 2.05) is 6.21 Å². The van der Waals surface area contributed by atoms with Crippen LogP contribution in [0.3, 0.4) is 0 Å². The Kier molecular flexibility index (Phi) is 2.19. The highest BCUT2D eigenvalue weighted by Gasteiger charge is 2.50. The van der Waals surface area contributed by atoms with Crippen molar-refractivity contribution in [1.82, 2.24) is 0 Å². The lowest BCUT2D eigenvalue weighted by Crippen LogP contribution is -2.46. The van der Waals surface area contributed by atoms with Crippen molar-refractivity contribution in [2.45, 2.75) is 38.5 Å². The molecule has 0 aliphatic heterocycles. The Morgan fingerprint density at radius 1 is 1.00 bits per heavy atom. The Morgan fingerprint density at radius 3 is 1.94 bits per heavy atom. The Bertz CT molecular complexity index is 306. The quantitative estimate of drug-likeness (QED) is 0.420. The van der Waals surface area contributed by atoms with Crippen molar-refractivity contribution in [2.24, 2.45) is 44.8 Å². The molecule has 0 spiro atoms. The summed E-state index contributed by atoms with van der Waals surface area (Å²) >= 11 is 0. The molecule has 0 aromatic carbocycles. The second-order valence-corrected chi connectivity index (χ2v) is 6.05. The third kappa shape index (κ3) is 1.70. The summed E-state index contributed by atoms with van der Waals surface area (Å²) in [6.07, 6.45) is 10.3. The lowest BCUT2D eigenvalue weighted by Gasteiger charge is -2.55. The normalized spacial score (nSPS) is 45.1. The fourth-order valence-electron chi connectivity index (χ4n) is 4.55. The molecule has 4 nitrogen and oxygen atoms in total. The molecule has 0 saturated heterocycles. The summed E-state index contributed by atoms with van der Waals surface area (Å²) in [4.78, 5) is 0. The molecule has 4 aliphatic rings. The molecule has 0 aromatic rings. The van der Waals surface area contributed by atoms with E-state index in [1.54, 1.807) is 0 Å². The lowest BCUT2D eigenvalue weighted by molar-refractivity contribution is -0.00968. The van der Waals surface area contributed by atoms with E-state index in [2.05, 4.69) is 10.2 Å². The van der Waals surface area contributed by atoms with Gasteiger partial charge in [-0.15, -0.1) is 5.10 Å². The predicted molar refractivity (Wildman–Crippen MR) is 64.9 cm³/mol. The zero-order valence-corrected chi connectivity index (χ0v) is 9.60. The van der Waals surface area contributed by atoms with E-state index in [0.29, 0.717) is 5.41 Å². The van der Waals surface area contributed by atoms with Crippen LogP contribution in [-0.4, -0.2) is 12.2 Å². The van der Waals surface area contributed by atoms with E-state index in [1.165, 1.54) is 38.5 Å². The third-order valence-corrected chi connectivity index (χ3v) is 4.59. The molecule has 0 amide bonds. The Balaban J connectivity index is 1.78. The van der Waals surface area contributed by atoms with Gasteiger partial charge < -0.3 is 11.5 Å². The summed E-state index contributed by atoms with van der Waals surface area (Å²) in [6.45, 7) is 0. The molecule has 0 radical (unpaired) electrons. The van der Waals surface area contributed by atoms with Crippen LogP contribution in [0.4, 0.5) is 0 Å².